The molecule has 0 atom stereocenters. The lowest BCUT2D eigenvalue weighted by atomic mass is 10.1. The minimum Gasteiger partial charge on any atom is -0.399 e. The van der Waals surface area contributed by atoms with Crippen LogP contribution < -0.4 is 5.73 Å². The first-order valence-corrected chi connectivity index (χ1v) is 7.26. The van der Waals surface area contributed by atoms with Gasteiger partial charge in [0.25, 0.3) is 0 Å². The number of imidazole rings is 1. The van der Waals surface area contributed by atoms with Gasteiger partial charge in [-0.1, -0.05) is 24.3 Å². The molecule has 0 aliphatic carbocycles. The summed E-state index contributed by atoms with van der Waals surface area (Å²) in [7, 11) is 0. The standard InChI is InChI=1S/C18H21N3/c1-18(2,3)21-16-7-5-4-6-15(16)20-17(21)12-13-8-10-14(19)11-9-13/h4-11H,12,19H2,1-3H3. The fourth-order valence-corrected chi connectivity index (χ4v) is 2.76. The Morgan fingerprint density at radius 2 is 1.67 bits per heavy atom. The minimum absolute atomic E-state index is 0.000749. The average Bonchev–Trinajstić information content (AvgIpc) is 2.79. The number of para-hydroxylation sites is 2. The molecule has 0 spiro atoms. The highest BCUT2D eigenvalue weighted by atomic mass is 15.1. The largest absolute Gasteiger partial charge is 0.399 e. The summed E-state index contributed by atoms with van der Waals surface area (Å²) < 4.78 is 2.33. The average molecular weight is 279 g/mol. The maximum Gasteiger partial charge on any atom is 0.114 e. The van der Waals surface area contributed by atoms with Crippen molar-refractivity contribution >= 4 is 16.7 Å². The zero-order valence-corrected chi connectivity index (χ0v) is 12.8. The Balaban J connectivity index is 2.11. The molecule has 0 bridgehead atoms. The molecule has 0 aliphatic rings. The number of nitrogens with two attached hydrogens (primary N) is 1. The van der Waals surface area contributed by atoms with E-state index in [9.17, 15) is 0 Å². The van der Waals surface area contributed by atoms with E-state index in [1.54, 1.807) is 0 Å². The molecule has 1 heterocycles. The van der Waals surface area contributed by atoms with Crippen LogP contribution in [0.25, 0.3) is 11.0 Å². The van der Waals surface area contributed by atoms with Crippen LogP contribution in [0.3, 0.4) is 0 Å². The van der Waals surface area contributed by atoms with E-state index in [-0.39, 0.29) is 5.54 Å². The van der Waals surface area contributed by atoms with E-state index < -0.39 is 0 Å². The SMILES string of the molecule is CC(C)(C)n1c(Cc2ccc(N)cc2)nc2ccccc21. The van der Waals surface area contributed by atoms with Gasteiger partial charge in [0.15, 0.2) is 0 Å². The van der Waals surface area contributed by atoms with Gasteiger partial charge in [-0.15, -0.1) is 0 Å². The van der Waals surface area contributed by atoms with Crippen molar-refractivity contribution in [2.24, 2.45) is 0 Å². The van der Waals surface area contributed by atoms with Gasteiger partial charge in [-0.3, -0.25) is 0 Å². The fraction of sp³-hybridized carbons (Fsp3) is 0.278. The van der Waals surface area contributed by atoms with E-state index in [0.717, 1.165) is 23.4 Å². The van der Waals surface area contributed by atoms with E-state index in [1.165, 1.54) is 11.1 Å². The van der Waals surface area contributed by atoms with Gasteiger partial charge in [-0.2, -0.15) is 0 Å². The van der Waals surface area contributed by atoms with E-state index in [2.05, 4.69) is 55.7 Å². The Labute approximate surface area is 125 Å². The second-order valence-corrected chi connectivity index (χ2v) is 6.44. The molecule has 0 fully saturated rings. The molecular formula is C18H21N3. The third-order valence-corrected chi connectivity index (χ3v) is 3.64. The Bertz CT molecular complexity index is 761. The van der Waals surface area contributed by atoms with E-state index in [4.69, 9.17) is 10.7 Å². The fourth-order valence-electron chi connectivity index (χ4n) is 2.76. The summed E-state index contributed by atoms with van der Waals surface area (Å²) in [6.45, 7) is 6.65. The molecule has 108 valence electrons. The Kier molecular flexibility index (Phi) is 3.20. The molecule has 0 aliphatic heterocycles. The molecule has 0 saturated heterocycles. The van der Waals surface area contributed by atoms with Gasteiger partial charge in [0.2, 0.25) is 0 Å². The lowest BCUT2D eigenvalue weighted by Gasteiger charge is -2.24. The predicted octanol–water partition coefficient (Wildman–Crippen LogP) is 3.96. The zero-order chi connectivity index (χ0) is 15.0. The molecule has 0 radical (unpaired) electrons. The van der Waals surface area contributed by atoms with E-state index in [0.29, 0.717) is 0 Å². The summed E-state index contributed by atoms with van der Waals surface area (Å²) in [6, 6.07) is 16.3. The first kappa shape index (κ1) is 13.7. The smallest absolute Gasteiger partial charge is 0.114 e. The Morgan fingerprint density at radius 1 is 1.00 bits per heavy atom. The van der Waals surface area contributed by atoms with Gasteiger partial charge in [0, 0.05) is 17.6 Å². The lowest BCUT2D eigenvalue weighted by molar-refractivity contribution is 0.396. The highest BCUT2D eigenvalue weighted by Crippen LogP contribution is 2.26. The lowest BCUT2D eigenvalue weighted by Crippen LogP contribution is -2.24. The van der Waals surface area contributed by atoms with Crippen LogP contribution in [0.15, 0.2) is 48.5 Å². The van der Waals surface area contributed by atoms with Crippen molar-refractivity contribution in [2.75, 3.05) is 5.73 Å². The molecule has 2 N–H and O–H groups in total. The van der Waals surface area contributed by atoms with Crippen LogP contribution in [0.1, 0.15) is 32.2 Å². The second-order valence-electron chi connectivity index (χ2n) is 6.44. The summed E-state index contributed by atoms with van der Waals surface area (Å²) in [5.41, 5.74) is 10.0. The minimum atomic E-state index is -0.000749. The number of anilines is 1. The summed E-state index contributed by atoms with van der Waals surface area (Å²) in [5.74, 6) is 1.09. The van der Waals surface area contributed by atoms with Crippen molar-refractivity contribution in [2.45, 2.75) is 32.7 Å². The first-order chi connectivity index (χ1) is 9.95. The monoisotopic (exact) mass is 279 g/mol. The predicted molar refractivity (Wildman–Crippen MR) is 88.4 cm³/mol. The summed E-state index contributed by atoms with van der Waals surface area (Å²) in [4.78, 5) is 4.83. The van der Waals surface area contributed by atoms with Crippen molar-refractivity contribution in [1.29, 1.82) is 0 Å². The van der Waals surface area contributed by atoms with Crippen LogP contribution >= 0.6 is 0 Å². The van der Waals surface area contributed by atoms with Crippen LogP contribution in [-0.4, -0.2) is 9.55 Å². The maximum atomic E-state index is 5.76. The summed E-state index contributed by atoms with van der Waals surface area (Å²) >= 11 is 0. The zero-order valence-electron chi connectivity index (χ0n) is 12.8. The molecule has 2 aromatic carbocycles. The van der Waals surface area contributed by atoms with Gasteiger partial charge in [0.1, 0.15) is 5.82 Å². The number of hydrogen-bond donors (Lipinski definition) is 1. The van der Waals surface area contributed by atoms with Crippen LogP contribution in [0.4, 0.5) is 5.69 Å². The number of benzene rings is 2. The number of hydrogen-bond acceptors (Lipinski definition) is 2. The number of aromatic nitrogens is 2. The van der Waals surface area contributed by atoms with Gasteiger partial charge >= 0.3 is 0 Å². The van der Waals surface area contributed by atoms with Gasteiger partial charge in [0.05, 0.1) is 11.0 Å². The van der Waals surface area contributed by atoms with Crippen LogP contribution in [0, 0.1) is 0 Å². The number of fused-ring (bicyclic) bond motifs is 1. The van der Waals surface area contributed by atoms with Crippen molar-refractivity contribution < 1.29 is 0 Å². The third kappa shape index (κ3) is 2.64. The van der Waals surface area contributed by atoms with E-state index in [1.807, 2.05) is 18.2 Å². The molecule has 3 heteroatoms. The Hall–Kier alpha value is -2.29. The molecule has 0 saturated carbocycles. The van der Waals surface area contributed by atoms with Crippen LogP contribution in [0.5, 0.6) is 0 Å². The van der Waals surface area contributed by atoms with Gasteiger partial charge < -0.3 is 10.3 Å². The molecule has 0 unspecified atom stereocenters. The molecule has 1 aromatic heterocycles. The second kappa shape index (κ2) is 4.92. The quantitative estimate of drug-likeness (QED) is 0.721. The van der Waals surface area contributed by atoms with Crippen molar-refractivity contribution in [3.63, 3.8) is 0 Å². The molecule has 3 nitrogen and oxygen atoms in total. The third-order valence-electron chi connectivity index (χ3n) is 3.64. The normalized spacial score (nSPS) is 12.0. The molecule has 0 amide bonds. The highest BCUT2D eigenvalue weighted by molar-refractivity contribution is 5.76. The maximum absolute atomic E-state index is 5.76. The molecule has 21 heavy (non-hydrogen) atoms. The highest BCUT2D eigenvalue weighted by Gasteiger charge is 2.21. The van der Waals surface area contributed by atoms with Crippen molar-refractivity contribution in [3.05, 3.63) is 59.9 Å². The summed E-state index contributed by atoms with van der Waals surface area (Å²) in [6.07, 6.45) is 0.812. The Morgan fingerprint density at radius 3 is 2.33 bits per heavy atom. The van der Waals surface area contributed by atoms with Crippen LogP contribution in [0.2, 0.25) is 0 Å². The van der Waals surface area contributed by atoms with Gasteiger partial charge in [-0.05, 0) is 50.6 Å². The van der Waals surface area contributed by atoms with Crippen molar-refractivity contribution in [3.8, 4) is 0 Å². The molecular weight excluding hydrogens is 258 g/mol. The number of nitrogens with zero attached hydrogens (tertiary/aromatic N) is 2. The molecule has 3 aromatic rings. The molecule has 3 rings (SSSR count). The first-order valence-electron chi connectivity index (χ1n) is 7.26. The van der Waals surface area contributed by atoms with Crippen LogP contribution in [-0.2, 0) is 12.0 Å². The summed E-state index contributed by atoms with van der Waals surface area (Å²) in [5, 5.41) is 0. The van der Waals surface area contributed by atoms with E-state index >= 15 is 0 Å². The van der Waals surface area contributed by atoms with Gasteiger partial charge in [-0.25, -0.2) is 4.98 Å². The van der Waals surface area contributed by atoms with Crippen molar-refractivity contribution in [1.82, 2.24) is 9.55 Å². The number of nitrogen functional groups attached to an aromatic ring is 1. The number of rotatable bonds is 2. The topological polar surface area (TPSA) is 43.8 Å².